The molecule has 0 saturated carbocycles. The second-order valence-electron chi connectivity index (χ2n) is 4.87. The molecule has 2 aromatic carbocycles. The standard InChI is InChI=1S/C15H16N2O/c16-15(18)13-7-8-17(10-13)14-6-5-11-3-1-2-4-12(11)9-14/h1-6,9,13H,7-8,10H2,(H2,16,18)/t13-/m0/s1. The van der Waals surface area contributed by atoms with Crippen molar-refractivity contribution in [2.24, 2.45) is 11.7 Å². The number of anilines is 1. The number of carbonyl (C=O) groups is 1. The second-order valence-corrected chi connectivity index (χ2v) is 4.87. The fourth-order valence-corrected chi connectivity index (χ4v) is 2.60. The maximum absolute atomic E-state index is 11.2. The zero-order chi connectivity index (χ0) is 12.5. The molecule has 0 spiro atoms. The van der Waals surface area contributed by atoms with E-state index >= 15 is 0 Å². The molecule has 3 nitrogen and oxygen atoms in total. The topological polar surface area (TPSA) is 46.3 Å². The monoisotopic (exact) mass is 240 g/mol. The molecule has 92 valence electrons. The van der Waals surface area contributed by atoms with E-state index in [2.05, 4.69) is 35.2 Å². The number of primary amides is 1. The van der Waals surface area contributed by atoms with Crippen LogP contribution in [-0.2, 0) is 4.79 Å². The summed E-state index contributed by atoms with van der Waals surface area (Å²) in [7, 11) is 0. The number of fused-ring (bicyclic) bond motifs is 1. The molecule has 0 aliphatic carbocycles. The van der Waals surface area contributed by atoms with Crippen LogP contribution in [0.2, 0.25) is 0 Å². The van der Waals surface area contributed by atoms with Gasteiger partial charge in [-0.05, 0) is 29.3 Å². The van der Waals surface area contributed by atoms with Gasteiger partial charge in [0.2, 0.25) is 5.91 Å². The third-order valence-electron chi connectivity index (χ3n) is 3.69. The summed E-state index contributed by atoms with van der Waals surface area (Å²) in [6.45, 7) is 1.65. The van der Waals surface area contributed by atoms with Crippen LogP contribution >= 0.6 is 0 Å². The fraction of sp³-hybridized carbons (Fsp3) is 0.267. The molecule has 1 saturated heterocycles. The Bertz CT molecular complexity index is 594. The Morgan fingerprint density at radius 2 is 1.94 bits per heavy atom. The van der Waals surface area contributed by atoms with Gasteiger partial charge in [-0.1, -0.05) is 30.3 Å². The van der Waals surface area contributed by atoms with Crippen molar-refractivity contribution in [1.29, 1.82) is 0 Å². The molecule has 0 radical (unpaired) electrons. The van der Waals surface area contributed by atoms with Crippen LogP contribution in [0.3, 0.4) is 0 Å². The van der Waals surface area contributed by atoms with E-state index in [1.54, 1.807) is 0 Å². The number of benzene rings is 2. The molecule has 0 unspecified atom stereocenters. The first-order valence-corrected chi connectivity index (χ1v) is 6.27. The predicted molar refractivity (Wildman–Crippen MR) is 73.5 cm³/mol. The van der Waals surface area contributed by atoms with E-state index in [0.717, 1.165) is 19.5 Å². The zero-order valence-electron chi connectivity index (χ0n) is 10.2. The van der Waals surface area contributed by atoms with Crippen LogP contribution in [0, 0.1) is 5.92 Å². The number of nitrogens with zero attached hydrogens (tertiary/aromatic N) is 1. The third kappa shape index (κ3) is 1.92. The highest BCUT2D eigenvalue weighted by atomic mass is 16.1. The van der Waals surface area contributed by atoms with E-state index in [-0.39, 0.29) is 11.8 Å². The van der Waals surface area contributed by atoms with Gasteiger partial charge in [0, 0.05) is 18.8 Å². The van der Waals surface area contributed by atoms with E-state index in [4.69, 9.17) is 5.73 Å². The molecule has 1 atom stereocenters. The molecular weight excluding hydrogens is 224 g/mol. The van der Waals surface area contributed by atoms with Crippen molar-refractivity contribution in [3.05, 3.63) is 42.5 Å². The molecule has 1 aliphatic rings. The van der Waals surface area contributed by atoms with Gasteiger partial charge in [-0.15, -0.1) is 0 Å². The van der Waals surface area contributed by atoms with Crippen LogP contribution in [-0.4, -0.2) is 19.0 Å². The SMILES string of the molecule is NC(=O)[C@H]1CCN(c2ccc3ccccc3c2)C1. The first kappa shape index (κ1) is 11.1. The van der Waals surface area contributed by atoms with E-state index in [1.165, 1.54) is 16.5 Å². The van der Waals surface area contributed by atoms with Crippen molar-refractivity contribution in [3.8, 4) is 0 Å². The maximum atomic E-state index is 11.2. The van der Waals surface area contributed by atoms with Crippen molar-refractivity contribution < 1.29 is 4.79 Å². The number of hydrogen-bond donors (Lipinski definition) is 1. The quantitative estimate of drug-likeness (QED) is 0.874. The summed E-state index contributed by atoms with van der Waals surface area (Å²) >= 11 is 0. The average molecular weight is 240 g/mol. The fourth-order valence-electron chi connectivity index (χ4n) is 2.60. The van der Waals surface area contributed by atoms with Gasteiger partial charge in [0.25, 0.3) is 0 Å². The van der Waals surface area contributed by atoms with Gasteiger partial charge >= 0.3 is 0 Å². The minimum atomic E-state index is -0.182. The largest absolute Gasteiger partial charge is 0.371 e. The lowest BCUT2D eigenvalue weighted by Gasteiger charge is -2.18. The Morgan fingerprint density at radius 1 is 1.17 bits per heavy atom. The highest BCUT2D eigenvalue weighted by Gasteiger charge is 2.26. The molecule has 3 heteroatoms. The number of nitrogens with two attached hydrogens (primary N) is 1. The molecule has 1 fully saturated rings. The maximum Gasteiger partial charge on any atom is 0.222 e. The number of hydrogen-bond acceptors (Lipinski definition) is 2. The Morgan fingerprint density at radius 3 is 2.67 bits per heavy atom. The number of carbonyl (C=O) groups excluding carboxylic acids is 1. The molecule has 2 aromatic rings. The van der Waals surface area contributed by atoms with Crippen molar-refractivity contribution in [2.45, 2.75) is 6.42 Å². The molecule has 1 aliphatic heterocycles. The van der Waals surface area contributed by atoms with Gasteiger partial charge in [-0.25, -0.2) is 0 Å². The van der Waals surface area contributed by atoms with Crippen LogP contribution in [0.4, 0.5) is 5.69 Å². The predicted octanol–water partition coefficient (Wildman–Crippen LogP) is 2.15. The van der Waals surface area contributed by atoms with Crippen molar-refractivity contribution >= 4 is 22.4 Å². The minimum Gasteiger partial charge on any atom is -0.371 e. The Labute approximate surface area is 106 Å². The summed E-state index contributed by atoms with van der Waals surface area (Å²) in [4.78, 5) is 13.4. The molecule has 2 N–H and O–H groups in total. The van der Waals surface area contributed by atoms with Crippen molar-refractivity contribution in [3.63, 3.8) is 0 Å². The summed E-state index contributed by atoms with van der Waals surface area (Å²) in [5.74, 6) is -0.185. The molecule has 1 amide bonds. The second kappa shape index (κ2) is 4.33. The van der Waals surface area contributed by atoms with Crippen LogP contribution in [0.25, 0.3) is 10.8 Å². The molecule has 3 rings (SSSR count). The van der Waals surface area contributed by atoms with Gasteiger partial charge in [-0.2, -0.15) is 0 Å². The Hall–Kier alpha value is -2.03. The van der Waals surface area contributed by atoms with Gasteiger partial charge in [0.15, 0.2) is 0 Å². The van der Waals surface area contributed by atoms with E-state index in [9.17, 15) is 4.79 Å². The smallest absolute Gasteiger partial charge is 0.222 e. The number of amides is 1. The van der Waals surface area contributed by atoms with Gasteiger partial charge in [0.05, 0.1) is 5.92 Å². The third-order valence-corrected chi connectivity index (χ3v) is 3.69. The van der Waals surface area contributed by atoms with Gasteiger partial charge in [-0.3, -0.25) is 4.79 Å². The van der Waals surface area contributed by atoms with Crippen molar-refractivity contribution in [2.75, 3.05) is 18.0 Å². The summed E-state index contributed by atoms with van der Waals surface area (Å²) in [5, 5.41) is 2.48. The lowest BCUT2D eigenvalue weighted by molar-refractivity contribution is -0.121. The lowest BCUT2D eigenvalue weighted by atomic mass is 10.1. The summed E-state index contributed by atoms with van der Waals surface area (Å²) in [6.07, 6.45) is 0.863. The van der Waals surface area contributed by atoms with Gasteiger partial charge in [0.1, 0.15) is 0 Å². The van der Waals surface area contributed by atoms with Crippen LogP contribution in [0.5, 0.6) is 0 Å². The first-order valence-electron chi connectivity index (χ1n) is 6.27. The van der Waals surface area contributed by atoms with Gasteiger partial charge < -0.3 is 10.6 Å². The molecule has 0 aromatic heterocycles. The molecule has 0 bridgehead atoms. The highest BCUT2D eigenvalue weighted by Crippen LogP contribution is 2.27. The Kier molecular flexibility index (Phi) is 2.67. The van der Waals surface area contributed by atoms with Crippen LogP contribution in [0.15, 0.2) is 42.5 Å². The van der Waals surface area contributed by atoms with E-state index in [1.807, 2.05) is 12.1 Å². The summed E-state index contributed by atoms with van der Waals surface area (Å²) in [6, 6.07) is 14.7. The minimum absolute atomic E-state index is 0.00327. The van der Waals surface area contributed by atoms with E-state index in [0.29, 0.717) is 0 Å². The Balaban J connectivity index is 1.89. The summed E-state index contributed by atoms with van der Waals surface area (Å²) < 4.78 is 0. The molecular formula is C15H16N2O. The average Bonchev–Trinajstić information content (AvgIpc) is 2.88. The zero-order valence-corrected chi connectivity index (χ0v) is 10.2. The number of rotatable bonds is 2. The highest BCUT2D eigenvalue weighted by molar-refractivity contribution is 5.86. The molecule has 18 heavy (non-hydrogen) atoms. The summed E-state index contributed by atoms with van der Waals surface area (Å²) in [5.41, 5.74) is 6.54. The molecule has 1 heterocycles. The lowest BCUT2D eigenvalue weighted by Crippen LogP contribution is -2.27. The van der Waals surface area contributed by atoms with Crippen LogP contribution < -0.4 is 10.6 Å². The normalized spacial score (nSPS) is 19.3. The first-order chi connectivity index (χ1) is 8.74. The van der Waals surface area contributed by atoms with Crippen molar-refractivity contribution in [1.82, 2.24) is 0 Å². The van der Waals surface area contributed by atoms with Crippen LogP contribution in [0.1, 0.15) is 6.42 Å². The van der Waals surface area contributed by atoms with E-state index < -0.39 is 0 Å².